The molecule has 8 heteroatoms. The standard InChI is InChI=1S/C20H27F3N4O/c1-6-14-16(27-11-12(20(21,22)23)7-8-15(27)25-14)17(28)24-13-9-18(2,3)26-19(4,5)10-13/h7-8,11,13,26H,6,9-10H2,1-5H3,(H,24,28). The molecule has 0 aromatic carbocycles. The number of nitrogens with one attached hydrogen (secondary N) is 2. The number of carbonyl (C=O) groups is 1. The highest BCUT2D eigenvalue weighted by Crippen LogP contribution is 2.31. The lowest BCUT2D eigenvalue weighted by molar-refractivity contribution is -0.137. The maximum atomic E-state index is 13.1. The van der Waals surface area contributed by atoms with Gasteiger partial charge in [-0.2, -0.15) is 13.2 Å². The average molecular weight is 396 g/mol. The van der Waals surface area contributed by atoms with Gasteiger partial charge in [0, 0.05) is 23.3 Å². The van der Waals surface area contributed by atoms with E-state index >= 15 is 0 Å². The largest absolute Gasteiger partial charge is 0.417 e. The highest BCUT2D eigenvalue weighted by molar-refractivity contribution is 5.95. The van der Waals surface area contributed by atoms with E-state index in [2.05, 4.69) is 43.3 Å². The fourth-order valence-electron chi connectivity index (χ4n) is 4.43. The summed E-state index contributed by atoms with van der Waals surface area (Å²) in [5.41, 5.74) is -0.117. The summed E-state index contributed by atoms with van der Waals surface area (Å²) in [6.45, 7) is 10.1. The summed E-state index contributed by atoms with van der Waals surface area (Å²) >= 11 is 0. The van der Waals surface area contributed by atoms with E-state index in [0.29, 0.717) is 17.8 Å². The lowest BCUT2D eigenvalue weighted by Crippen LogP contribution is -2.62. The molecule has 0 aliphatic carbocycles. The van der Waals surface area contributed by atoms with Crippen LogP contribution in [0, 0.1) is 0 Å². The van der Waals surface area contributed by atoms with Gasteiger partial charge in [-0.3, -0.25) is 9.20 Å². The second kappa shape index (κ2) is 6.76. The fraction of sp³-hybridized carbons (Fsp3) is 0.600. The number of aryl methyl sites for hydroxylation is 1. The number of imidazole rings is 1. The van der Waals surface area contributed by atoms with E-state index in [0.717, 1.165) is 25.1 Å². The third-order valence-electron chi connectivity index (χ3n) is 5.09. The predicted octanol–water partition coefficient (Wildman–Crippen LogP) is 3.95. The summed E-state index contributed by atoms with van der Waals surface area (Å²) < 4.78 is 40.7. The molecule has 0 bridgehead atoms. The molecule has 0 spiro atoms. The minimum Gasteiger partial charge on any atom is -0.348 e. The number of rotatable bonds is 3. The summed E-state index contributed by atoms with van der Waals surface area (Å²) in [6, 6.07) is 2.20. The number of piperidine rings is 1. The van der Waals surface area contributed by atoms with E-state index in [-0.39, 0.29) is 28.7 Å². The Balaban J connectivity index is 1.96. The molecule has 2 aromatic rings. The Labute approximate surface area is 162 Å². The summed E-state index contributed by atoms with van der Waals surface area (Å²) in [5, 5.41) is 6.59. The minimum atomic E-state index is -4.48. The van der Waals surface area contributed by atoms with Crippen LogP contribution in [-0.4, -0.2) is 32.4 Å². The number of fused-ring (bicyclic) bond motifs is 1. The van der Waals surface area contributed by atoms with Crippen molar-refractivity contribution in [3.8, 4) is 0 Å². The summed E-state index contributed by atoms with van der Waals surface area (Å²) in [6.07, 6.45) is -1.62. The van der Waals surface area contributed by atoms with Crippen LogP contribution in [0.5, 0.6) is 0 Å². The van der Waals surface area contributed by atoms with Crippen molar-refractivity contribution in [1.29, 1.82) is 0 Å². The Morgan fingerprint density at radius 1 is 1.25 bits per heavy atom. The Morgan fingerprint density at radius 2 is 1.86 bits per heavy atom. The third-order valence-corrected chi connectivity index (χ3v) is 5.09. The molecule has 154 valence electrons. The smallest absolute Gasteiger partial charge is 0.348 e. The van der Waals surface area contributed by atoms with Gasteiger partial charge in [-0.05, 0) is 59.1 Å². The van der Waals surface area contributed by atoms with Crippen molar-refractivity contribution in [2.75, 3.05) is 0 Å². The fourth-order valence-corrected chi connectivity index (χ4v) is 4.43. The number of aromatic nitrogens is 2. The molecule has 5 nitrogen and oxygen atoms in total. The summed E-state index contributed by atoms with van der Waals surface area (Å²) in [5.74, 6) is -0.387. The van der Waals surface area contributed by atoms with E-state index in [4.69, 9.17) is 0 Å². The molecular weight excluding hydrogens is 369 g/mol. The topological polar surface area (TPSA) is 58.4 Å². The molecule has 0 radical (unpaired) electrons. The van der Waals surface area contributed by atoms with Gasteiger partial charge >= 0.3 is 6.18 Å². The van der Waals surface area contributed by atoms with Gasteiger partial charge in [0.25, 0.3) is 5.91 Å². The van der Waals surface area contributed by atoms with Gasteiger partial charge in [0.2, 0.25) is 0 Å². The molecule has 3 heterocycles. The van der Waals surface area contributed by atoms with Crippen LogP contribution in [-0.2, 0) is 12.6 Å². The molecule has 2 N–H and O–H groups in total. The number of pyridine rings is 1. The monoisotopic (exact) mass is 396 g/mol. The molecular formula is C20H27F3N4O. The van der Waals surface area contributed by atoms with Gasteiger partial charge < -0.3 is 10.6 Å². The molecule has 1 aliphatic heterocycles. The Hall–Kier alpha value is -2.09. The summed E-state index contributed by atoms with van der Waals surface area (Å²) in [7, 11) is 0. The number of halogens is 3. The van der Waals surface area contributed by atoms with E-state index in [1.54, 1.807) is 0 Å². The normalized spacial score (nSPS) is 19.7. The molecule has 3 rings (SSSR count). The highest BCUT2D eigenvalue weighted by Gasteiger charge is 2.39. The molecule has 1 fully saturated rings. The molecule has 0 atom stereocenters. The second-order valence-electron chi connectivity index (χ2n) is 8.88. The number of hydrogen-bond donors (Lipinski definition) is 2. The first kappa shape index (κ1) is 20.6. The highest BCUT2D eigenvalue weighted by atomic mass is 19.4. The SMILES string of the molecule is CCc1nc2ccc(C(F)(F)F)cn2c1C(=O)NC1CC(C)(C)NC(C)(C)C1. The number of amides is 1. The van der Waals surface area contributed by atoms with Gasteiger partial charge in [-0.15, -0.1) is 0 Å². The molecule has 1 aliphatic rings. The van der Waals surface area contributed by atoms with Crippen LogP contribution in [0.25, 0.3) is 5.65 Å². The van der Waals surface area contributed by atoms with E-state index in [9.17, 15) is 18.0 Å². The van der Waals surface area contributed by atoms with Gasteiger partial charge in [0.15, 0.2) is 0 Å². The molecule has 2 aromatic heterocycles. The first-order chi connectivity index (χ1) is 12.8. The van der Waals surface area contributed by atoms with Crippen molar-refractivity contribution in [2.45, 2.75) is 77.2 Å². The number of carbonyl (C=O) groups excluding carboxylic acids is 1. The first-order valence-corrected chi connectivity index (χ1v) is 9.50. The number of nitrogens with zero attached hydrogens (tertiary/aromatic N) is 2. The van der Waals surface area contributed by atoms with Crippen LogP contribution in [0.1, 0.15) is 69.2 Å². The zero-order valence-electron chi connectivity index (χ0n) is 16.9. The minimum absolute atomic E-state index is 0.0835. The first-order valence-electron chi connectivity index (χ1n) is 9.50. The van der Waals surface area contributed by atoms with Crippen molar-refractivity contribution in [2.24, 2.45) is 0 Å². The number of hydrogen-bond acceptors (Lipinski definition) is 3. The van der Waals surface area contributed by atoms with E-state index < -0.39 is 11.7 Å². The van der Waals surface area contributed by atoms with E-state index in [1.807, 2.05) is 6.92 Å². The molecule has 1 saturated heterocycles. The van der Waals surface area contributed by atoms with Crippen LogP contribution in [0.3, 0.4) is 0 Å². The lowest BCUT2D eigenvalue weighted by Gasteiger charge is -2.46. The zero-order valence-corrected chi connectivity index (χ0v) is 16.9. The molecule has 0 saturated carbocycles. The molecule has 28 heavy (non-hydrogen) atoms. The van der Waals surface area contributed by atoms with Crippen molar-refractivity contribution in [1.82, 2.24) is 20.0 Å². The molecule has 0 unspecified atom stereocenters. The Morgan fingerprint density at radius 3 is 2.39 bits per heavy atom. The van der Waals surface area contributed by atoms with Crippen molar-refractivity contribution < 1.29 is 18.0 Å². The van der Waals surface area contributed by atoms with Crippen LogP contribution in [0.15, 0.2) is 18.3 Å². The molecule has 1 amide bonds. The second-order valence-corrected chi connectivity index (χ2v) is 8.88. The lowest BCUT2D eigenvalue weighted by atomic mass is 9.79. The Bertz CT molecular complexity index is 883. The van der Waals surface area contributed by atoms with Crippen molar-refractivity contribution >= 4 is 11.6 Å². The Kier molecular flexibility index (Phi) is 4.98. The maximum absolute atomic E-state index is 13.1. The van der Waals surface area contributed by atoms with Crippen LogP contribution in [0.2, 0.25) is 0 Å². The van der Waals surface area contributed by atoms with Gasteiger partial charge in [0.05, 0.1) is 11.3 Å². The van der Waals surface area contributed by atoms with Gasteiger partial charge in [-0.1, -0.05) is 6.92 Å². The van der Waals surface area contributed by atoms with Crippen molar-refractivity contribution in [3.05, 3.63) is 35.3 Å². The summed E-state index contributed by atoms with van der Waals surface area (Å²) in [4.78, 5) is 17.4. The average Bonchev–Trinajstić information content (AvgIpc) is 2.88. The van der Waals surface area contributed by atoms with Gasteiger partial charge in [0.1, 0.15) is 11.3 Å². The van der Waals surface area contributed by atoms with Gasteiger partial charge in [-0.25, -0.2) is 4.98 Å². The van der Waals surface area contributed by atoms with E-state index in [1.165, 1.54) is 10.5 Å². The van der Waals surface area contributed by atoms with Crippen LogP contribution >= 0.6 is 0 Å². The third kappa shape index (κ3) is 4.16. The number of alkyl halides is 3. The maximum Gasteiger partial charge on any atom is 0.417 e. The quantitative estimate of drug-likeness (QED) is 0.826. The van der Waals surface area contributed by atoms with Crippen LogP contribution < -0.4 is 10.6 Å². The van der Waals surface area contributed by atoms with Crippen molar-refractivity contribution in [3.63, 3.8) is 0 Å². The van der Waals surface area contributed by atoms with Crippen LogP contribution in [0.4, 0.5) is 13.2 Å². The predicted molar refractivity (Wildman–Crippen MR) is 101 cm³/mol. The zero-order chi connectivity index (χ0) is 20.9.